The van der Waals surface area contributed by atoms with Gasteiger partial charge in [-0.1, -0.05) is 13.8 Å². The average Bonchev–Trinajstić information content (AvgIpc) is 2.51. The number of carbonyl (C=O) groups is 2. The molecule has 21 heavy (non-hydrogen) atoms. The van der Waals surface area contributed by atoms with Crippen molar-refractivity contribution in [3.63, 3.8) is 0 Å². The molecule has 1 aromatic rings. The number of ether oxygens (including phenoxy) is 2. The Labute approximate surface area is 123 Å². The average molecular weight is 293 g/mol. The van der Waals surface area contributed by atoms with Gasteiger partial charge in [-0.15, -0.1) is 0 Å². The number of hydrogen-bond donors (Lipinski definition) is 2. The number of carboxylic acid groups (broad SMARTS) is 1. The van der Waals surface area contributed by atoms with E-state index in [4.69, 9.17) is 9.47 Å². The summed E-state index contributed by atoms with van der Waals surface area (Å²) in [7, 11) is 0. The first kappa shape index (κ1) is 15.2. The Morgan fingerprint density at radius 1 is 1.19 bits per heavy atom. The van der Waals surface area contributed by atoms with Gasteiger partial charge in [-0.25, -0.2) is 4.79 Å². The van der Waals surface area contributed by atoms with E-state index in [1.165, 1.54) is 0 Å². The Kier molecular flexibility index (Phi) is 4.35. The number of amides is 1. The normalized spacial score (nSPS) is 13.6. The largest absolute Gasteiger partial charge is 0.486 e. The van der Waals surface area contributed by atoms with E-state index in [0.29, 0.717) is 43.1 Å². The zero-order valence-corrected chi connectivity index (χ0v) is 12.1. The number of nitrogens with one attached hydrogen (secondary N) is 1. The van der Waals surface area contributed by atoms with E-state index in [-0.39, 0.29) is 0 Å². The van der Waals surface area contributed by atoms with Gasteiger partial charge >= 0.3 is 5.97 Å². The highest BCUT2D eigenvalue weighted by molar-refractivity contribution is 5.98. The highest BCUT2D eigenvalue weighted by Gasteiger charge is 2.36. The third kappa shape index (κ3) is 2.94. The standard InChI is InChI=1S/C15H19NO5/c1-3-15(4-2,14(18)19)16-13(17)10-5-6-11-12(9-10)21-8-7-20-11/h5-6,9H,3-4,7-8H2,1-2H3,(H,16,17)(H,18,19). The van der Waals surface area contributed by atoms with Gasteiger partial charge in [0, 0.05) is 5.56 Å². The minimum Gasteiger partial charge on any atom is -0.486 e. The molecule has 0 unspecified atom stereocenters. The van der Waals surface area contributed by atoms with Crippen LogP contribution in [0.3, 0.4) is 0 Å². The molecular formula is C15H19NO5. The summed E-state index contributed by atoms with van der Waals surface area (Å²) in [5.41, 5.74) is -0.892. The zero-order valence-electron chi connectivity index (χ0n) is 12.1. The fourth-order valence-corrected chi connectivity index (χ4v) is 2.26. The van der Waals surface area contributed by atoms with Gasteiger partial charge in [-0.05, 0) is 31.0 Å². The monoisotopic (exact) mass is 293 g/mol. The number of fused-ring (bicyclic) bond motifs is 1. The molecule has 0 spiro atoms. The van der Waals surface area contributed by atoms with Crippen LogP contribution >= 0.6 is 0 Å². The van der Waals surface area contributed by atoms with Gasteiger partial charge in [-0.3, -0.25) is 4.79 Å². The Hall–Kier alpha value is -2.24. The van der Waals surface area contributed by atoms with E-state index < -0.39 is 17.4 Å². The predicted octanol–water partition coefficient (Wildman–Crippen LogP) is 1.83. The number of carboxylic acids is 1. The fraction of sp³-hybridized carbons (Fsp3) is 0.467. The van der Waals surface area contributed by atoms with Gasteiger partial charge < -0.3 is 19.9 Å². The molecule has 0 saturated carbocycles. The summed E-state index contributed by atoms with van der Waals surface area (Å²) in [5, 5.41) is 12.0. The molecule has 1 aliphatic rings. The minimum absolute atomic E-state index is 0.315. The van der Waals surface area contributed by atoms with Gasteiger partial charge in [0.15, 0.2) is 11.5 Å². The maximum atomic E-state index is 12.3. The van der Waals surface area contributed by atoms with Crippen molar-refractivity contribution in [3.8, 4) is 11.5 Å². The minimum atomic E-state index is -1.25. The second kappa shape index (κ2) is 6.03. The van der Waals surface area contributed by atoms with Gasteiger partial charge in [0.25, 0.3) is 5.91 Å². The molecule has 0 fully saturated rings. The quantitative estimate of drug-likeness (QED) is 0.865. The van der Waals surface area contributed by atoms with Crippen LogP contribution in [0.1, 0.15) is 37.0 Å². The van der Waals surface area contributed by atoms with Crippen LogP contribution in [0.4, 0.5) is 0 Å². The summed E-state index contributed by atoms with van der Waals surface area (Å²) in [6.07, 6.45) is 0.629. The van der Waals surface area contributed by atoms with Crippen molar-refractivity contribution in [1.82, 2.24) is 5.32 Å². The lowest BCUT2D eigenvalue weighted by atomic mass is 9.92. The molecule has 1 amide bonds. The van der Waals surface area contributed by atoms with Gasteiger partial charge in [0.2, 0.25) is 0 Å². The molecule has 1 aromatic carbocycles. The zero-order chi connectivity index (χ0) is 15.5. The van der Waals surface area contributed by atoms with Crippen LogP contribution < -0.4 is 14.8 Å². The molecule has 0 saturated heterocycles. The molecule has 1 aliphatic heterocycles. The van der Waals surface area contributed by atoms with E-state index in [1.54, 1.807) is 32.0 Å². The Bertz CT molecular complexity index is 551. The van der Waals surface area contributed by atoms with Crippen molar-refractivity contribution >= 4 is 11.9 Å². The van der Waals surface area contributed by atoms with E-state index in [9.17, 15) is 14.7 Å². The van der Waals surface area contributed by atoms with Crippen molar-refractivity contribution < 1.29 is 24.2 Å². The SMILES string of the molecule is CCC(CC)(NC(=O)c1ccc2c(c1)OCCO2)C(=O)O. The first-order chi connectivity index (χ1) is 10.0. The van der Waals surface area contributed by atoms with Crippen molar-refractivity contribution in [3.05, 3.63) is 23.8 Å². The van der Waals surface area contributed by atoms with E-state index in [1.807, 2.05) is 0 Å². The Morgan fingerprint density at radius 3 is 2.38 bits per heavy atom. The van der Waals surface area contributed by atoms with Crippen LogP contribution in [0, 0.1) is 0 Å². The molecule has 0 aromatic heterocycles. The molecule has 114 valence electrons. The molecule has 0 radical (unpaired) electrons. The van der Waals surface area contributed by atoms with E-state index >= 15 is 0 Å². The summed E-state index contributed by atoms with van der Waals surface area (Å²) in [5.74, 6) is -0.368. The van der Waals surface area contributed by atoms with Crippen LogP contribution in [0.2, 0.25) is 0 Å². The smallest absolute Gasteiger partial charge is 0.329 e. The first-order valence-electron chi connectivity index (χ1n) is 6.98. The van der Waals surface area contributed by atoms with Gasteiger partial charge in [0.1, 0.15) is 18.8 Å². The lowest BCUT2D eigenvalue weighted by Gasteiger charge is -2.28. The second-order valence-corrected chi connectivity index (χ2v) is 4.91. The van der Waals surface area contributed by atoms with Crippen LogP contribution in [-0.4, -0.2) is 35.7 Å². The number of carbonyl (C=O) groups excluding carboxylic acids is 1. The van der Waals surface area contributed by atoms with Crippen molar-refractivity contribution in [2.75, 3.05) is 13.2 Å². The maximum Gasteiger partial charge on any atom is 0.329 e. The van der Waals surface area contributed by atoms with Crippen LogP contribution in [0.5, 0.6) is 11.5 Å². The van der Waals surface area contributed by atoms with E-state index in [0.717, 1.165) is 0 Å². The highest BCUT2D eigenvalue weighted by Crippen LogP contribution is 2.31. The third-order valence-corrected chi connectivity index (χ3v) is 3.77. The second-order valence-electron chi connectivity index (χ2n) is 4.91. The number of aliphatic carboxylic acids is 1. The van der Waals surface area contributed by atoms with Crippen LogP contribution in [0.25, 0.3) is 0 Å². The summed E-state index contributed by atoms with van der Waals surface area (Å²) in [4.78, 5) is 23.7. The number of rotatable bonds is 5. The molecule has 1 heterocycles. The van der Waals surface area contributed by atoms with Gasteiger partial charge in [0.05, 0.1) is 0 Å². The molecule has 0 bridgehead atoms. The molecule has 0 atom stereocenters. The van der Waals surface area contributed by atoms with Crippen LogP contribution in [0.15, 0.2) is 18.2 Å². The van der Waals surface area contributed by atoms with Crippen molar-refractivity contribution in [2.24, 2.45) is 0 Å². The third-order valence-electron chi connectivity index (χ3n) is 3.77. The summed E-state index contributed by atoms with van der Waals surface area (Å²) in [6.45, 7) is 4.39. The van der Waals surface area contributed by atoms with Crippen molar-refractivity contribution in [2.45, 2.75) is 32.2 Å². The fourth-order valence-electron chi connectivity index (χ4n) is 2.26. The first-order valence-corrected chi connectivity index (χ1v) is 6.98. The molecule has 2 rings (SSSR count). The molecule has 2 N–H and O–H groups in total. The molecular weight excluding hydrogens is 274 g/mol. The van der Waals surface area contributed by atoms with Crippen molar-refractivity contribution in [1.29, 1.82) is 0 Å². The topological polar surface area (TPSA) is 84.9 Å². The molecule has 6 heteroatoms. The van der Waals surface area contributed by atoms with Crippen LogP contribution in [-0.2, 0) is 4.79 Å². The Morgan fingerprint density at radius 2 is 1.81 bits per heavy atom. The highest BCUT2D eigenvalue weighted by atomic mass is 16.6. The maximum absolute atomic E-state index is 12.3. The predicted molar refractivity (Wildman–Crippen MR) is 75.8 cm³/mol. The van der Waals surface area contributed by atoms with Gasteiger partial charge in [-0.2, -0.15) is 0 Å². The number of hydrogen-bond acceptors (Lipinski definition) is 4. The summed E-state index contributed by atoms with van der Waals surface area (Å²) >= 11 is 0. The lowest BCUT2D eigenvalue weighted by Crippen LogP contribution is -2.53. The van der Waals surface area contributed by atoms with E-state index in [2.05, 4.69) is 5.32 Å². The lowest BCUT2D eigenvalue weighted by molar-refractivity contribution is -0.144. The summed E-state index contributed by atoms with van der Waals surface area (Å²) < 4.78 is 10.8. The molecule has 6 nitrogen and oxygen atoms in total. The molecule has 0 aliphatic carbocycles. The number of benzene rings is 1. The summed E-state index contributed by atoms with van der Waals surface area (Å²) in [6, 6.07) is 4.83. The Balaban J connectivity index is 2.22.